The number of hydrogen-bond acceptors (Lipinski definition) is 4. The fourth-order valence-corrected chi connectivity index (χ4v) is 3.61. The first-order valence-electron chi connectivity index (χ1n) is 8.79. The van der Waals surface area contributed by atoms with E-state index in [1.807, 2.05) is 13.8 Å². The first kappa shape index (κ1) is 23.9. The van der Waals surface area contributed by atoms with Gasteiger partial charge in [-0.1, -0.05) is 6.92 Å². The Labute approximate surface area is 165 Å². The van der Waals surface area contributed by atoms with Crippen molar-refractivity contribution in [2.75, 3.05) is 44.7 Å². The van der Waals surface area contributed by atoms with Gasteiger partial charge in [0.2, 0.25) is 0 Å². The van der Waals surface area contributed by atoms with Gasteiger partial charge < -0.3 is 15.5 Å². The Kier molecular flexibility index (Phi) is 12.2. The Morgan fingerprint density at radius 2 is 2.08 bits per heavy atom. The van der Waals surface area contributed by atoms with E-state index in [0.29, 0.717) is 12.3 Å². The van der Waals surface area contributed by atoms with Gasteiger partial charge in [0.15, 0.2) is 5.96 Å². The molecule has 1 fully saturated rings. The van der Waals surface area contributed by atoms with Crippen LogP contribution in [0.25, 0.3) is 0 Å². The molecule has 2 atom stereocenters. The van der Waals surface area contributed by atoms with Crippen molar-refractivity contribution in [3.05, 3.63) is 0 Å². The first-order chi connectivity index (χ1) is 10.8. The van der Waals surface area contributed by atoms with Crippen LogP contribution in [0.2, 0.25) is 0 Å². The van der Waals surface area contributed by atoms with E-state index in [-0.39, 0.29) is 35.8 Å². The van der Waals surface area contributed by atoms with Crippen molar-refractivity contribution in [1.29, 1.82) is 0 Å². The summed E-state index contributed by atoms with van der Waals surface area (Å²) >= 11 is 0. The van der Waals surface area contributed by atoms with E-state index < -0.39 is 9.84 Å². The predicted molar refractivity (Wildman–Crippen MR) is 113 cm³/mol. The highest BCUT2D eigenvalue weighted by Gasteiger charge is 2.18. The van der Waals surface area contributed by atoms with Gasteiger partial charge in [0.05, 0.1) is 5.75 Å². The minimum absolute atomic E-state index is 0. The quantitative estimate of drug-likeness (QED) is 0.319. The zero-order chi connectivity index (χ0) is 17.3. The fraction of sp³-hybridized carbons (Fsp3) is 0.938. The molecular formula is C16H35IN4O2S. The zero-order valence-electron chi connectivity index (χ0n) is 15.5. The van der Waals surface area contributed by atoms with Crippen LogP contribution in [0.3, 0.4) is 0 Å². The molecule has 0 aromatic carbocycles. The van der Waals surface area contributed by atoms with Crippen molar-refractivity contribution in [3.63, 3.8) is 0 Å². The summed E-state index contributed by atoms with van der Waals surface area (Å²) in [6.45, 7) is 11.3. The summed E-state index contributed by atoms with van der Waals surface area (Å²) in [6, 6.07) is 0.0843. The van der Waals surface area contributed by atoms with Gasteiger partial charge in [-0.05, 0) is 52.1 Å². The molecule has 1 rings (SSSR count). The molecule has 0 aromatic heterocycles. The fourth-order valence-electron chi connectivity index (χ4n) is 2.82. The van der Waals surface area contributed by atoms with Crippen LogP contribution >= 0.6 is 24.0 Å². The average Bonchev–Trinajstić information content (AvgIpc) is 2.50. The Bertz CT molecular complexity index is 471. The lowest BCUT2D eigenvalue weighted by Crippen LogP contribution is -2.43. The summed E-state index contributed by atoms with van der Waals surface area (Å²) in [5.74, 6) is 1.61. The van der Waals surface area contributed by atoms with Crippen LogP contribution < -0.4 is 10.6 Å². The molecule has 24 heavy (non-hydrogen) atoms. The van der Waals surface area contributed by atoms with Gasteiger partial charge in [0.1, 0.15) is 9.84 Å². The Morgan fingerprint density at radius 3 is 2.67 bits per heavy atom. The topological polar surface area (TPSA) is 73.8 Å². The van der Waals surface area contributed by atoms with E-state index in [1.54, 1.807) is 0 Å². The SMILES string of the molecule is CCNC(=NCC1CCCN(CC)C1)NC(C)CCS(C)(=O)=O.I. The lowest BCUT2D eigenvalue weighted by Gasteiger charge is -2.31. The lowest BCUT2D eigenvalue weighted by atomic mass is 9.98. The highest BCUT2D eigenvalue weighted by Crippen LogP contribution is 2.16. The number of hydrogen-bond donors (Lipinski definition) is 2. The third-order valence-electron chi connectivity index (χ3n) is 4.21. The molecule has 144 valence electrons. The molecule has 1 aliphatic rings. The van der Waals surface area contributed by atoms with Crippen LogP contribution in [-0.2, 0) is 9.84 Å². The number of nitrogens with one attached hydrogen (secondary N) is 2. The van der Waals surface area contributed by atoms with E-state index in [9.17, 15) is 8.42 Å². The van der Waals surface area contributed by atoms with Gasteiger partial charge in [-0.15, -0.1) is 24.0 Å². The monoisotopic (exact) mass is 474 g/mol. The van der Waals surface area contributed by atoms with Crippen molar-refractivity contribution in [2.45, 2.75) is 46.1 Å². The molecule has 1 aliphatic heterocycles. The number of halogens is 1. The van der Waals surface area contributed by atoms with Crippen LogP contribution in [0, 0.1) is 5.92 Å². The second-order valence-electron chi connectivity index (χ2n) is 6.59. The molecule has 0 saturated carbocycles. The van der Waals surface area contributed by atoms with E-state index in [2.05, 4.69) is 22.5 Å². The zero-order valence-corrected chi connectivity index (χ0v) is 18.7. The number of rotatable bonds is 8. The van der Waals surface area contributed by atoms with E-state index in [0.717, 1.165) is 32.1 Å². The standard InChI is InChI=1S/C16H34N4O2S.HI/c1-5-17-16(19-14(3)9-11-23(4,21)22)18-12-15-8-7-10-20(6-2)13-15;/h14-15H,5-13H2,1-4H3,(H2,17,18,19);1H. The smallest absolute Gasteiger partial charge is 0.191 e. The summed E-state index contributed by atoms with van der Waals surface area (Å²) in [5, 5.41) is 6.57. The van der Waals surface area contributed by atoms with Crippen molar-refractivity contribution in [2.24, 2.45) is 10.9 Å². The Morgan fingerprint density at radius 1 is 1.38 bits per heavy atom. The van der Waals surface area contributed by atoms with Crippen LogP contribution in [-0.4, -0.2) is 70.1 Å². The number of sulfone groups is 1. The van der Waals surface area contributed by atoms with Crippen LogP contribution in [0.4, 0.5) is 0 Å². The molecule has 0 radical (unpaired) electrons. The number of nitrogens with zero attached hydrogens (tertiary/aromatic N) is 2. The number of aliphatic imine (C=N–C) groups is 1. The molecule has 6 nitrogen and oxygen atoms in total. The van der Waals surface area contributed by atoms with Gasteiger partial charge in [-0.2, -0.15) is 0 Å². The molecule has 0 aromatic rings. The van der Waals surface area contributed by atoms with Crippen LogP contribution in [0.5, 0.6) is 0 Å². The summed E-state index contributed by atoms with van der Waals surface area (Å²) < 4.78 is 22.5. The van der Waals surface area contributed by atoms with E-state index in [4.69, 9.17) is 4.99 Å². The second kappa shape index (κ2) is 12.3. The van der Waals surface area contributed by atoms with Crippen molar-refractivity contribution < 1.29 is 8.42 Å². The number of piperidine rings is 1. The number of guanidine groups is 1. The molecule has 2 unspecified atom stereocenters. The number of likely N-dealkylation sites (tertiary alicyclic amines) is 1. The predicted octanol–water partition coefficient (Wildman–Crippen LogP) is 1.71. The summed E-state index contributed by atoms with van der Waals surface area (Å²) in [7, 11) is -2.91. The molecular weight excluding hydrogens is 439 g/mol. The third kappa shape index (κ3) is 10.7. The third-order valence-corrected chi connectivity index (χ3v) is 5.18. The van der Waals surface area contributed by atoms with Crippen LogP contribution in [0.1, 0.15) is 40.0 Å². The highest BCUT2D eigenvalue weighted by molar-refractivity contribution is 14.0. The lowest BCUT2D eigenvalue weighted by molar-refractivity contribution is 0.186. The van der Waals surface area contributed by atoms with E-state index >= 15 is 0 Å². The molecule has 0 amide bonds. The van der Waals surface area contributed by atoms with Crippen molar-refractivity contribution in [3.8, 4) is 0 Å². The molecule has 2 N–H and O–H groups in total. The summed E-state index contributed by atoms with van der Waals surface area (Å²) in [6.07, 6.45) is 4.36. The molecule has 0 aliphatic carbocycles. The highest BCUT2D eigenvalue weighted by atomic mass is 127. The maximum Gasteiger partial charge on any atom is 0.191 e. The maximum absolute atomic E-state index is 11.3. The van der Waals surface area contributed by atoms with Gasteiger partial charge in [0, 0.05) is 31.9 Å². The van der Waals surface area contributed by atoms with Crippen molar-refractivity contribution in [1.82, 2.24) is 15.5 Å². The second-order valence-corrected chi connectivity index (χ2v) is 8.84. The normalized spacial score (nSPS) is 21.0. The van der Waals surface area contributed by atoms with Crippen molar-refractivity contribution >= 4 is 39.8 Å². The average molecular weight is 474 g/mol. The maximum atomic E-state index is 11.3. The van der Waals surface area contributed by atoms with Gasteiger partial charge in [-0.3, -0.25) is 4.99 Å². The minimum Gasteiger partial charge on any atom is -0.357 e. The molecule has 0 spiro atoms. The van der Waals surface area contributed by atoms with Gasteiger partial charge >= 0.3 is 0 Å². The van der Waals surface area contributed by atoms with Gasteiger partial charge in [0.25, 0.3) is 0 Å². The first-order valence-corrected chi connectivity index (χ1v) is 10.8. The Balaban J connectivity index is 0.00000529. The van der Waals surface area contributed by atoms with E-state index in [1.165, 1.54) is 25.6 Å². The largest absolute Gasteiger partial charge is 0.357 e. The molecule has 8 heteroatoms. The van der Waals surface area contributed by atoms with Gasteiger partial charge in [-0.25, -0.2) is 8.42 Å². The van der Waals surface area contributed by atoms with Crippen LogP contribution in [0.15, 0.2) is 4.99 Å². The molecule has 1 saturated heterocycles. The summed E-state index contributed by atoms with van der Waals surface area (Å²) in [4.78, 5) is 7.19. The summed E-state index contributed by atoms with van der Waals surface area (Å²) in [5.41, 5.74) is 0. The molecule has 1 heterocycles. The Hall–Kier alpha value is -0.0900. The molecule has 0 bridgehead atoms. The minimum atomic E-state index is -2.91.